The molecule has 2 N–H and O–H groups in total. The van der Waals surface area contributed by atoms with Crippen molar-refractivity contribution in [2.24, 2.45) is 5.73 Å². The van der Waals surface area contributed by atoms with Gasteiger partial charge < -0.3 is 10.5 Å². The van der Waals surface area contributed by atoms with E-state index in [4.69, 9.17) is 10.5 Å². The first-order valence-corrected chi connectivity index (χ1v) is 6.06. The monoisotopic (exact) mass is 278 g/mol. The summed E-state index contributed by atoms with van der Waals surface area (Å²) in [6.07, 6.45) is 1.57. The molecule has 0 radical (unpaired) electrons. The van der Waals surface area contributed by atoms with Gasteiger partial charge in [-0.25, -0.2) is 9.07 Å². The maximum Gasteiger partial charge on any atom is 0.168 e. The smallest absolute Gasteiger partial charge is 0.168 e. The molecule has 0 saturated heterocycles. The summed E-state index contributed by atoms with van der Waals surface area (Å²) in [5.74, 6) is -0.559. The number of carbonyl (C=O) groups is 1. The number of methoxy groups -OCH3 is 1. The number of ketones is 1. The van der Waals surface area contributed by atoms with Crippen LogP contribution in [0.5, 0.6) is 5.75 Å². The van der Waals surface area contributed by atoms with E-state index in [1.54, 1.807) is 18.3 Å². The first-order chi connectivity index (χ1) is 9.63. The number of rotatable bonds is 6. The van der Waals surface area contributed by atoms with E-state index in [1.165, 1.54) is 17.9 Å². The molecule has 0 unspecified atom stereocenters. The number of ether oxygens (including phenoxy) is 1. The Kier molecular flexibility index (Phi) is 4.41. The van der Waals surface area contributed by atoms with Gasteiger partial charge >= 0.3 is 0 Å². The lowest BCUT2D eigenvalue weighted by Gasteiger charge is -2.06. The summed E-state index contributed by atoms with van der Waals surface area (Å²) in [7, 11) is 1.38. The summed E-state index contributed by atoms with van der Waals surface area (Å²) in [4.78, 5) is 11.9. The molecule has 0 bridgehead atoms. The lowest BCUT2D eigenvalue weighted by atomic mass is 10.1. The van der Waals surface area contributed by atoms with Crippen LogP contribution in [0.1, 0.15) is 11.3 Å². The van der Waals surface area contributed by atoms with Gasteiger partial charge in [-0.15, -0.1) is 5.10 Å². The Labute approximate surface area is 115 Å². The maximum atomic E-state index is 13.9. The van der Waals surface area contributed by atoms with Crippen LogP contribution in [0.2, 0.25) is 0 Å². The Hall–Kier alpha value is -2.28. The fraction of sp³-hybridized carbons (Fsp3) is 0.308. The standard InChI is InChI=1S/C13H15FN4O2/c1-20-12-4-2-3-9(13(12)14)5-11(19)8-18-7-10(6-15)16-17-18/h2-4,7H,5-6,8,15H2,1H3. The predicted molar refractivity (Wildman–Crippen MR) is 69.6 cm³/mol. The highest BCUT2D eigenvalue weighted by Crippen LogP contribution is 2.20. The van der Waals surface area contributed by atoms with Crippen LogP contribution >= 0.6 is 0 Å². The normalized spacial score (nSPS) is 10.6. The largest absolute Gasteiger partial charge is 0.494 e. The molecule has 0 saturated carbocycles. The molecule has 6 nitrogen and oxygen atoms in total. The van der Waals surface area contributed by atoms with Gasteiger partial charge in [0.1, 0.15) is 6.54 Å². The molecular weight excluding hydrogens is 263 g/mol. The molecule has 106 valence electrons. The molecule has 0 spiro atoms. The van der Waals surface area contributed by atoms with Gasteiger partial charge in [0.05, 0.1) is 19.0 Å². The van der Waals surface area contributed by atoms with Gasteiger partial charge in [0.2, 0.25) is 0 Å². The number of nitrogens with two attached hydrogens (primary N) is 1. The Balaban J connectivity index is 2.04. The molecule has 0 aliphatic carbocycles. The quantitative estimate of drug-likeness (QED) is 0.840. The summed E-state index contributed by atoms with van der Waals surface area (Å²) in [6.45, 7) is 0.294. The van der Waals surface area contributed by atoms with Gasteiger partial charge in [0, 0.05) is 13.0 Å². The molecular formula is C13H15FN4O2. The van der Waals surface area contributed by atoms with Crippen molar-refractivity contribution in [3.05, 3.63) is 41.5 Å². The van der Waals surface area contributed by atoms with Crippen LogP contribution in [-0.4, -0.2) is 27.9 Å². The Morgan fingerprint density at radius 1 is 1.50 bits per heavy atom. The van der Waals surface area contributed by atoms with Crippen molar-refractivity contribution in [3.8, 4) is 5.75 Å². The first kappa shape index (κ1) is 14.1. The first-order valence-electron chi connectivity index (χ1n) is 6.06. The molecule has 0 aliphatic heterocycles. The fourth-order valence-corrected chi connectivity index (χ4v) is 1.81. The van der Waals surface area contributed by atoms with Crippen molar-refractivity contribution in [1.82, 2.24) is 15.0 Å². The second-order valence-electron chi connectivity index (χ2n) is 4.26. The molecule has 0 amide bonds. The molecule has 1 heterocycles. The molecule has 2 rings (SSSR count). The Morgan fingerprint density at radius 3 is 2.95 bits per heavy atom. The number of aromatic nitrogens is 3. The van der Waals surface area contributed by atoms with E-state index in [-0.39, 0.29) is 31.0 Å². The predicted octanol–water partition coefficient (Wildman–Crippen LogP) is 0.696. The Morgan fingerprint density at radius 2 is 2.30 bits per heavy atom. The van der Waals surface area contributed by atoms with Crippen LogP contribution in [0.3, 0.4) is 0 Å². The minimum Gasteiger partial charge on any atom is -0.494 e. The third-order valence-corrected chi connectivity index (χ3v) is 2.78. The SMILES string of the molecule is COc1cccc(CC(=O)Cn2cc(CN)nn2)c1F. The molecule has 0 atom stereocenters. The average Bonchev–Trinajstić information content (AvgIpc) is 2.88. The van der Waals surface area contributed by atoms with E-state index >= 15 is 0 Å². The zero-order chi connectivity index (χ0) is 14.5. The third-order valence-electron chi connectivity index (χ3n) is 2.78. The zero-order valence-electron chi connectivity index (χ0n) is 11.0. The fourth-order valence-electron chi connectivity index (χ4n) is 1.81. The number of halogens is 1. The highest BCUT2D eigenvalue weighted by Gasteiger charge is 2.13. The maximum absolute atomic E-state index is 13.9. The van der Waals surface area contributed by atoms with Gasteiger partial charge in [0.15, 0.2) is 17.3 Å². The van der Waals surface area contributed by atoms with Gasteiger partial charge in [-0.05, 0) is 11.6 Å². The van der Waals surface area contributed by atoms with E-state index in [0.29, 0.717) is 11.3 Å². The molecule has 1 aromatic heterocycles. The Bertz CT molecular complexity index is 612. The summed E-state index contributed by atoms with van der Waals surface area (Å²) >= 11 is 0. The van der Waals surface area contributed by atoms with Gasteiger partial charge in [0.25, 0.3) is 0 Å². The zero-order valence-corrected chi connectivity index (χ0v) is 11.0. The average molecular weight is 278 g/mol. The minimum absolute atomic E-state index is 0.0269. The summed E-state index contributed by atoms with van der Waals surface area (Å²) in [5.41, 5.74) is 6.31. The van der Waals surface area contributed by atoms with E-state index < -0.39 is 5.82 Å². The number of benzene rings is 1. The van der Waals surface area contributed by atoms with Crippen molar-refractivity contribution in [2.45, 2.75) is 19.5 Å². The van der Waals surface area contributed by atoms with E-state index in [0.717, 1.165) is 0 Å². The molecule has 7 heteroatoms. The van der Waals surface area contributed by atoms with Crippen molar-refractivity contribution >= 4 is 5.78 Å². The van der Waals surface area contributed by atoms with Gasteiger partial charge in [-0.3, -0.25) is 4.79 Å². The van der Waals surface area contributed by atoms with E-state index in [1.807, 2.05) is 0 Å². The van der Waals surface area contributed by atoms with Crippen LogP contribution in [0.25, 0.3) is 0 Å². The van der Waals surface area contributed by atoms with Gasteiger partial charge in [-0.1, -0.05) is 17.3 Å². The van der Waals surface area contributed by atoms with Crippen molar-refractivity contribution in [3.63, 3.8) is 0 Å². The number of hydrogen-bond acceptors (Lipinski definition) is 5. The van der Waals surface area contributed by atoms with Crippen molar-refractivity contribution in [2.75, 3.05) is 7.11 Å². The van der Waals surface area contributed by atoms with E-state index in [9.17, 15) is 9.18 Å². The van der Waals surface area contributed by atoms with Crippen LogP contribution in [0, 0.1) is 5.82 Å². The summed E-state index contributed by atoms with van der Waals surface area (Å²) in [6, 6.07) is 4.71. The van der Waals surface area contributed by atoms with E-state index in [2.05, 4.69) is 10.3 Å². The van der Waals surface area contributed by atoms with Crippen LogP contribution in [0.15, 0.2) is 24.4 Å². The second kappa shape index (κ2) is 6.25. The molecule has 2 aromatic rings. The molecule has 0 aliphatic rings. The highest BCUT2D eigenvalue weighted by atomic mass is 19.1. The molecule has 1 aromatic carbocycles. The van der Waals surface area contributed by atoms with Crippen molar-refractivity contribution in [1.29, 1.82) is 0 Å². The molecule has 0 fully saturated rings. The lowest BCUT2D eigenvalue weighted by molar-refractivity contribution is -0.119. The topological polar surface area (TPSA) is 83.0 Å². The van der Waals surface area contributed by atoms with Gasteiger partial charge in [-0.2, -0.15) is 0 Å². The molecule has 20 heavy (non-hydrogen) atoms. The summed E-state index contributed by atoms with van der Waals surface area (Å²) in [5, 5.41) is 7.55. The highest BCUT2D eigenvalue weighted by molar-refractivity contribution is 5.80. The van der Waals surface area contributed by atoms with Crippen LogP contribution < -0.4 is 10.5 Å². The summed E-state index contributed by atoms with van der Waals surface area (Å²) < 4.78 is 20.2. The third kappa shape index (κ3) is 3.18. The van der Waals surface area contributed by atoms with Crippen LogP contribution in [0.4, 0.5) is 4.39 Å². The van der Waals surface area contributed by atoms with Crippen molar-refractivity contribution < 1.29 is 13.9 Å². The number of hydrogen-bond donors (Lipinski definition) is 1. The number of Topliss-reactive ketones (excluding diaryl/α,β-unsaturated/α-hetero) is 1. The minimum atomic E-state index is -0.510. The number of carbonyl (C=O) groups excluding carboxylic acids is 1. The lowest BCUT2D eigenvalue weighted by Crippen LogP contribution is -2.14. The second-order valence-corrected chi connectivity index (χ2v) is 4.26. The number of nitrogens with zero attached hydrogens (tertiary/aromatic N) is 3. The van der Waals surface area contributed by atoms with Crippen LogP contribution in [-0.2, 0) is 24.3 Å².